The normalized spacial score (nSPS) is 16.5. The number of nitrogens with one attached hydrogen (secondary N) is 1. The molecule has 0 radical (unpaired) electrons. The Bertz CT molecular complexity index is 322. The molecule has 1 N–H and O–H groups in total. The van der Waals surface area contributed by atoms with E-state index in [1.807, 2.05) is 0 Å². The first-order valence-corrected chi connectivity index (χ1v) is 5.88. The Labute approximate surface area is 92.3 Å². The van der Waals surface area contributed by atoms with E-state index in [1.54, 1.807) is 0 Å². The van der Waals surface area contributed by atoms with Gasteiger partial charge in [-0.2, -0.15) is 0 Å². The van der Waals surface area contributed by atoms with Crippen molar-refractivity contribution in [3.05, 3.63) is 29.8 Å². The molecule has 2 heteroatoms. The lowest BCUT2D eigenvalue weighted by molar-refractivity contribution is 0.584. The Morgan fingerprint density at radius 3 is 3.00 bits per heavy atom. The van der Waals surface area contributed by atoms with Crippen LogP contribution < -0.4 is 10.2 Å². The molecule has 1 aliphatic rings. The Morgan fingerprint density at radius 1 is 1.40 bits per heavy atom. The zero-order chi connectivity index (χ0) is 10.7. The molecule has 0 saturated heterocycles. The van der Waals surface area contributed by atoms with Crippen LogP contribution in [0.3, 0.4) is 0 Å². The third-order valence-corrected chi connectivity index (χ3v) is 3.14. The van der Waals surface area contributed by atoms with Crippen LogP contribution in [0.15, 0.2) is 24.3 Å². The van der Waals surface area contributed by atoms with Crippen LogP contribution in [0.2, 0.25) is 0 Å². The van der Waals surface area contributed by atoms with Gasteiger partial charge in [0.15, 0.2) is 0 Å². The first-order chi connectivity index (χ1) is 7.33. The first kappa shape index (κ1) is 10.5. The molecular formula is C13H20N2. The van der Waals surface area contributed by atoms with Gasteiger partial charge < -0.3 is 10.2 Å². The van der Waals surface area contributed by atoms with Crippen LogP contribution in [0, 0.1) is 0 Å². The van der Waals surface area contributed by atoms with Gasteiger partial charge in [-0.1, -0.05) is 25.1 Å². The fraction of sp³-hybridized carbons (Fsp3) is 0.538. The van der Waals surface area contributed by atoms with Gasteiger partial charge in [-0.15, -0.1) is 0 Å². The summed E-state index contributed by atoms with van der Waals surface area (Å²) in [5.74, 6) is 0. The number of rotatable bonds is 4. The number of likely N-dealkylation sites (N-methyl/N-ethyl adjacent to an activating group) is 1. The second-order valence-corrected chi connectivity index (χ2v) is 4.23. The summed E-state index contributed by atoms with van der Waals surface area (Å²) < 4.78 is 0. The van der Waals surface area contributed by atoms with Crippen molar-refractivity contribution in [2.45, 2.75) is 26.3 Å². The van der Waals surface area contributed by atoms with E-state index < -0.39 is 0 Å². The summed E-state index contributed by atoms with van der Waals surface area (Å²) in [6.07, 6.45) is 1.20. The Kier molecular flexibility index (Phi) is 3.27. The molecule has 1 unspecified atom stereocenters. The minimum atomic E-state index is 0.591. The summed E-state index contributed by atoms with van der Waals surface area (Å²) in [4.78, 5) is 2.51. The maximum atomic E-state index is 3.41. The predicted molar refractivity (Wildman–Crippen MR) is 65.5 cm³/mol. The monoisotopic (exact) mass is 204 g/mol. The number of nitrogens with zero attached hydrogens (tertiary/aromatic N) is 1. The number of hydrogen-bond donors (Lipinski definition) is 1. The predicted octanol–water partition coefficient (Wildman–Crippen LogP) is 2.05. The van der Waals surface area contributed by atoms with E-state index >= 15 is 0 Å². The molecule has 2 rings (SSSR count). The van der Waals surface area contributed by atoms with Crippen molar-refractivity contribution in [2.24, 2.45) is 0 Å². The fourth-order valence-corrected chi connectivity index (χ4v) is 2.29. The number of hydrogen-bond acceptors (Lipinski definition) is 2. The van der Waals surface area contributed by atoms with E-state index in [4.69, 9.17) is 0 Å². The Morgan fingerprint density at radius 2 is 2.20 bits per heavy atom. The van der Waals surface area contributed by atoms with E-state index in [9.17, 15) is 0 Å². The number of anilines is 1. The molecule has 0 bridgehead atoms. The second-order valence-electron chi connectivity index (χ2n) is 4.23. The zero-order valence-electron chi connectivity index (χ0n) is 9.66. The van der Waals surface area contributed by atoms with E-state index in [2.05, 4.69) is 48.3 Å². The average Bonchev–Trinajstić information content (AvgIpc) is 2.69. The van der Waals surface area contributed by atoms with Gasteiger partial charge in [0, 0.05) is 24.8 Å². The molecular weight excluding hydrogens is 184 g/mol. The fourth-order valence-electron chi connectivity index (χ4n) is 2.29. The molecule has 1 aromatic rings. The molecule has 82 valence electrons. The lowest BCUT2D eigenvalue weighted by Gasteiger charge is -2.27. The van der Waals surface area contributed by atoms with Crippen LogP contribution in [0.4, 0.5) is 5.69 Å². The van der Waals surface area contributed by atoms with Gasteiger partial charge >= 0.3 is 0 Å². The van der Waals surface area contributed by atoms with E-state index in [1.165, 1.54) is 24.2 Å². The maximum Gasteiger partial charge on any atom is 0.0402 e. The quantitative estimate of drug-likeness (QED) is 0.807. The largest absolute Gasteiger partial charge is 0.367 e. The van der Waals surface area contributed by atoms with E-state index in [-0.39, 0.29) is 0 Å². The smallest absolute Gasteiger partial charge is 0.0402 e. The van der Waals surface area contributed by atoms with Crippen LogP contribution in [0.1, 0.15) is 19.4 Å². The number of benzene rings is 1. The van der Waals surface area contributed by atoms with Crippen LogP contribution in [-0.4, -0.2) is 25.7 Å². The van der Waals surface area contributed by atoms with Gasteiger partial charge in [-0.3, -0.25) is 0 Å². The lowest BCUT2D eigenvalue weighted by Crippen LogP contribution is -2.39. The van der Waals surface area contributed by atoms with Crippen molar-refractivity contribution in [3.8, 4) is 0 Å². The standard InChI is InChI=1S/C13H20N2/c1-3-14-10-11(2)15-9-8-12-6-4-5-7-13(12)15/h4-7,11,14H,3,8-10H2,1-2H3. The molecule has 1 aliphatic heterocycles. The molecule has 0 fully saturated rings. The Hall–Kier alpha value is -1.02. The molecule has 0 aliphatic carbocycles. The molecule has 1 atom stereocenters. The second kappa shape index (κ2) is 4.67. The molecule has 0 spiro atoms. The Balaban J connectivity index is 2.06. The summed E-state index contributed by atoms with van der Waals surface area (Å²) in [5, 5.41) is 3.41. The van der Waals surface area contributed by atoms with Crippen LogP contribution in [-0.2, 0) is 6.42 Å². The van der Waals surface area contributed by atoms with Gasteiger partial charge in [0.1, 0.15) is 0 Å². The van der Waals surface area contributed by atoms with Crippen molar-refractivity contribution in [1.82, 2.24) is 5.32 Å². The molecule has 1 heterocycles. The lowest BCUT2D eigenvalue weighted by atomic mass is 10.2. The van der Waals surface area contributed by atoms with E-state index in [0.29, 0.717) is 6.04 Å². The summed E-state index contributed by atoms with van der Waals surface area (Å²) in [5.41, 5.74) is 2.93. The molecule has 0 aromatic heterocycles. The highest BCUT2D eigenvalue weighted by Gasteiger charge is 2.22. The van der Waals surface area contributed by atoms with Crippen molar-refractivity contribution < 1.29 is 0 Å². The van der Waals surface area contributed by atoms with Crippen LogP contribution in [0.5, 0.6) is 0 Å². The molecule has 15 heavy (non-hydrogen) atoms. The number of para-hydroxylation sites is 1. The third-order valence-electron chi connectivity index (χ3n) is 3.14. The van der Waals surface area contributed by atoms with Crippen molar-refractivity contribution in [2.75, 3.05) is 24.5 Å². The zero-order valence-corrected chi connectivity index (χ0v) is 9.66. The maximum absolute atomic E-state index is 3.41. The van der Waals surface area contributed by atoms with Gasteiger partial charge in [0.2, 0.25) is 0 Å². The molecule has 2 nitrogen and oxygen atoms in total. The molecule has 1 aromatic carbocycles. The summed E-state index contributed by atoms with van der Waals surface area (Å²) in [6, 6.07) is 9.35. The molecule has 0 saturated carbocycles. The molecule has 0 amide bonds. The first-order valence-electron chi connectivity index (χ1n) is 5.88. The topological polar surface area (TPSA) is 15.3 Å². The highest BCUT2D eigenvalue weighted by atomic mass is 15.2. The third kappa shape index (κ3) is 2.15. The van der Waals surface area contributed by atoms with Crippen LogP contribution >= 0.6 is 0 Å². The van der Waals surface area contributed by atoms with E-state index in [0.717, 1.165) is 13.1 Å². The van der Waals surface area contributed by atoms with Crippen molar-refractivity contribution >= 4 is 5.69 Å². The summed E-state index contributed by atoms with van der Waals surface area (Å²) in [7, 11) is 0. The van der Waals surface area contributed by atoms with Gasteiger partial charge in [0.05, 0.1) is 0 Å². The average molecular weight is 204 g/mol. The highest BCUT2D eigenvalue weighted by Crippen LogP contribution is 2.28. The highest BCUT2D eigenvalue weighted by molar-refractivity contribution is 5.58. The van der Waals surface area contributed by atoms with Gasteiger partial charge in [-0.25, -0.2) is 0 Å². The minimum absolute atomic E-state index is 0.591. The van der Waals surface area contributed by atoms with Gasteiger partial charge in [0.25, 0.3) is 0 Å². The minimum Gasteiger partial charge on any atom is -0.367 e. The summed E-state index contributed by atoms with van der Waals surface area (Å²) in [6.45, 7) is 7.76. The number of fused-ring (bicyclic) bond motifs is 1. The van der Waals surface area contributed by atoms with Crippen molar-refractivity contribution in [3.63, 3.8) is 0 Å². The van der Waals surface area contributed by atoms with Crippen molar-refractivity contribution in [1.29, 1.82) is 0 Å². The van der Waals surface area contributed by atoms with Gasteiger partial charge in [-0.05, 0) is 31.5 Å². The van der Waals surface area contributed by atoms with Crippen LogP contribution in [0.25, 0.3) is 0 Å². The summed E-state index contributed by atoms with van der Waals surface area (Å²) >= 11 is 0. The SMILES string of the molecule is CCNCC(C)N1CCc2ccccc21.